The standard InChI is InChI=1S/C19H16F3N3O4S/c20-19(21,22)29-16-5-7-17(8-6-16)30(27,28)25-11-9-24(10-12-25)18(26)15-3-1-14(13-23)2-4-15/h1-8H,9-12H2. The second-order valence-corrected chi connectivity index (χ2v) is 8.34. The molecule has 158 valence electrons. The van der Waals surface area contributed by atoms with Crippen molar-refractivity contribution in [3.05, 3.63) is 59.7 Å². The van der Waals surface area contributed by atoms with Crippen LogP contribution in [0.5, 0.6) is 5.75 Å². The number of carbonyl (C=O) groups excluding carboxylic acids is 1. The van der Waals surface area contributed by atoms with Gasteiger partial charge in [-0.15, -0.1) is 13.2 Å². The second-order valence-electron chi connectivity index (χ2n) is 6.40. The molecular formula is C19H16F3N3O4S. The Morgan fingerprint density at radius 1 is 0.967 bits per heavy atom. The average molecular weight is 439 g/mol. The maximum atomic E-state index is 12.7. The number of carbonyl (C=O) groups is 1. The number of halogens is 3. The Labute approximate surface area is 170 Å². The first-order chi connectivity index (χ1) is 14.1. The van der Waals surface area contributed by atoms with E-state index in [0.717, 1.165) is 24.3 Å². The first kappa shape index (κ1) is 21.6. The number of amides is 1. The van der Waals surface area contributed by atoms with Gasteiger partial charge in [0, 0.05) is 31.7 Å². The molecule has 0 atom stereocenters. The third-order valence-corrected chi connectivity index (χ3v) is 6.39. The Balaban J connectivity index is 1.64. The van der Waals surface area contributed by atoms with E-state index in [9.17, 15) is 26.4 Å². The SMILES string of the molecule is N#Cc1ccc(C(=O)N2CCN(S(=O)(=O)c3ccc(OC(F)(F)F)cc3)CC2)cc1. The third kappa shape index (κ3) is 4.90. The van der Waals surface area contributed by atoms with Gasteiger partial charge in [0.25, 0.3) is 5.91 Å². The number of ether oxygens (including phenoxy) is 1. The maximum absolute atomic E-state index is 12.7. The van der Waals surface area contributed by atoms with Gasteiger partial charge in [-0.25, -0.2) is 8.42 Å². The largest absolute Gasteiger partial charge is 0.573 e. The molecule has 3 rings (SSSR count). The van der Waals surface area contributed by atoms with Crippen LogP contribution in [-0.2, 0) is 10.0 Å². The number of nitriles is 1. The summed E-state index contributed by atoms with van der Waals surface area (Å²) in [6.45, 7) is 0.414. The molecule has 1 amide bonds. The van der Waals surface area contributed by atoms with Gasteiger partial charge in [-0.2, -0.15) is 9.57 Å². The molecule has 1 saturated heterocycles. The molecular weight excluding hydrogens is 423 g/mol. The lowest BCUT2D eigenvalue weighted by Crippen LogP contribution is -2.50. The van der Waals surface area contributed by atoms with E-state index < -0.39 is 22.1 Å². The lowest BCUT2D eigenvalue weighted by molar-refractivity contribution is -0.274. The number of hydrogen-bond acceptors (Lipinski definition) is 5. The van der Waals surface area contributed by atoms with Crippen LogP contribution in [0, 0.1) is 11.3 Å². The van der Waals surface area contributed by atoms with Crippen LogP contribution in [-0.4, -0.2) is 56.1 Å². The van der Waals surface area contributed by atoms with Crippen LogP contribution in [0.3, 0.4) is 0 Å². The van der Waals surface area contributed by atoms with Crippen molar-refractivity contribution in [2.24, 2.45) is 0 Å². The van der Waals surface area contributed by atoms with E-state index in [4.69, 9.17) is 5.26 Å². The molecule has 0 unspecified atom stereocenters. The van der Waals surface area contributed by atoms with Crippen molar-refractivity contribution in [1.82, 2.24) is 9.21 Å². The fourth-order valence-corrected chi connectivity index (χ4v) is 4.39. The number of hydrogen-bond donors (Lipinski definition) is 0. The van der Waals surface area contributed by atoms with Crippen molar-refractivity contribution in [3.8, 4) is 11.8 Å². The summed E-state index contributed by atoms with van der Waals surface area (Å²) < 4.78 is 67.1. The molecule has 0 saturated carbocycles. The molecule has 0 aliphatic carbocycles. The first-order valence-corrected chi connectivity index (χ1v) is 10.2. The summed E-state index contributed by atoms with van der Waals surface area (Å²) in [4.78, 5) is 13.9. The predicted molar refractivity (Wildman–Crippen MR) is 98.9 cm³/mol. The summed E-state index contributed by atoms with van der Waals surface area (Å²) in [6.07, 6.45) is -4.86. The first-order valence-electron chi connectivity index (χ1n) is 8.75. The maximum Gasteiger partial charge on any atom is 0.573 e. The molecule has 1 heterocycles. The molecule has 0 bridgehead atoms. The number of nitrogens with zero attached hydrogens (tertiary/aromatic N) is 3. The van der Waals surface area contributed by atoms with Gasteiger partial charge in [-0.3, -0.25) is 4.79 Å². The summed E-state index contributed by atoms with van der Waals surface area (Å²) in [5.41, 5.74) is 0.819. The zero-order valence-electron chi connectivity index (χ0n) is 15.5. The Bertz CT molecular complexity index is 1050. The number of piperazine rings is 1. The zero-order chi connectivity index (χ0) is 21.9. The van der Waals surface area contributed by atoms with Crippen LogP contribution in [0.4, 0.5) is 13.2 Å². The molecule has 0 aromatic heterocycles. The second kappa shape index (κ2) is 8.33. The van der Waals surface area contributed by atoms with Crippen molar-refractivity contribution < 1.29 is 31.1 Å². The summed E-state index contributed by atoms with van der Waals surface area (Å²) in [6, 6.07) is 12.1. The van der Waals surface area contributed by atoms with Gasteiger partial charge in [0.15, 0.2) is 0 Å². The van der Waals surface area contributed by atoms with Gasteiger partial charge in [0.05, 0.1) is 16.5 Å². The lowest BCUT2D eigenvalue weighted by atomic mass is 10.1. The van der Waals surface area contributed by atoms with Crippen LogP contribution >= 0.6 is 0 Å². The van der Waals surface area contributed by atoms with Gasteiger partial charge in [-0.05, 0) is 48.5 Å². The predicted octanol–water partition coefficient (Wildman–Crippen LogP) is 2.60. The van der Waals surface area contributed by atoms with Crippen LogP contribution in [0.25, 0.3) is 0 Å². The summed E-state index contributed by atoms with van der Waals surface area (Å²) in [5.74, 6) is -0.788. The third-order valence-electron chi connectivity index (χ3n) is 4.48. The Kier molecular flexibility index (Phi) is 6.00. The zero-order valence-corrected chi connectivity index (χ0v) is 16.3. The molecule has 11 heteroatoms. The van der Waals surface area contributed by atoms with Gasteiger partial charge >= 0.3 is 6.36 Å². The van der Waals surface area contributed by atoms with E-state index in [2.05, 4.69) is 4.74 Å². The minimum Gasteiger partial charge on any atom is -0.406 e. The Morgan fingerprint density at radius 2 is 1.53 bits per heavy atom. The molecule has 2 aromatic carbocycles. The quantitative estimate of drug-likeness (QED) is 0.731. The summed E-state index contributed by atoms with van der Waals surface area (Å²) in [5, 5.41) is 8.82. The molecule has 1 fully saturated rings. The number of rotatable bonds is 4. The van der Waals surface area contributed by atoms with E-state index in [1.165, 1.54) is 33.5 Å². The molecule has 1 aliphatic rings. The summed E-state index contributed by atoms with van der Waals surface area (Å²) in [7, 11) is -3.92. The fourth-order valence-electron chi connectivity index (χ4n) is 2.96. The van der Waals surface area contributed by atoms with Crippen molar-refractivity contribution in [2.75, 3.05) is 26.2 Å². The van der Waals surface area contributed by atoms with Crippen LogP contribution in [0.2, 0.25) is 0 Å². The highest BCUT2D eigenvalue weighted by Gasteiger charge is 2.32. The molecule has 0 spiro atoms. The number of sulfonamides is 1. The number of benzene rings is 2. The van der Waals surface area contributed by atoms with Crippen molar-refractivity contribution in [3.63, 3.8) is 0 Å². The van der Waals surface area contributed by atoms with E-state index in [1.807, 2.05) is 6.07 Å². The van der Waals surface area contributed by atoms with Crippen LogP contribution < -0.4 is 4.74 Å². The van der Waals surface area contributed by atoms with Gasteiger partial charge in [-0.1, -0.05) is 0 Å². The average Bonchev–Trinajstić information content (AvgIpc) is 2.72. The van der Waals surface area contributed by atoms with E-state index in [1.54, 1.807) is 0 Å². The van der Waals surface area contributed by atoms with E-state index in [-0.39, 0.29) is 37.0 Å². The molecule has 0 N–H and O–H groups in total. The fraction of sp³-hybridized carbons (Fsp3) is 0.263. The van der Waals surface area contributed by atoms with Crippen molar-refractivity contribution in [1.29, 1.82) is 5.26 Å². The van der Waals surface area contributed by atoms with Gasteiger partial charge in [0.2, 0.25) is 10.0 Å². The Morgan fingerprint density at radius 3 is 2.03 bits per heavy atom. The van der Waals surface area contributed by atoms with Crippen molar-refractivity contribution >= 4 is 15.9 Å². The molecule has 1 aliphatic heterocycles. The van der Waals surface area contributed by atoms with Crippen LogP contribution in [0.15, 0.2) is 53.4 Å². The van der Waals surface area contributed by atoms with Crippen molar-refractivity contribution in [2.45, 2.75) is 11.3 Å². The normalized spacial score (nSPS) is 15.5. The highest BCUT2D eigenvalue weighted by molar-refractivity contribution is 7.89. The molecule has 30 heavy (non-hydrogen) atoms. The number of alkyl halides is 3. The van der Waals surface area contributed by atoms with E-state index in [0.29, 0.717) is 11.1 Å². The molecule has 7 nitrogen and oxygen atoms in total. The molecule has 0 radical (unpaired) electrons. The van der Waals surface area contributed by atoms with Gasteiger partial charge in [0.1, 0.15) is 5.75 Å². The minimum absolute atomic E-state index is 0.0468. The van der Waals surface area contributed by atoms with E-state index >= 15 is 0 Å². The summed E-state index contributed by atoms with van der Waals surface area (Å²) >= 11 is 0. The topological polar surface area (TPSA) is 90.7 Å². The minimum atomic E-state index is -4.86. The van der Waals surface area contributed by atoms with Gasteiger partial charge < -0.3 is 9.64 Å². The highest BCUT2D eigenvalue weighted by atomic mass is 32.2. The van der Waals surface area contributed by atoms with Crippen LogP contribution in [0.1, 0.15) is 15.9 Å². The molecule has 2 aromatic rings. The lowest BCUT2D eigenvalue weighted by Gasteiger charge is -2.34. The smallest absolute Gasteiger partial charge is 0.406 e. The highest BCUT2D eigenvalue weighted by Crippen LogP contribution is 2.25. The monoisotopic (exact) mass is 439 g/mol. The Hall–Kier alpha value is -3.10.